The number of hydrogen-bond donors (Lipinski definition) is 1. The minimum Gasteiger partial charge on any atom is -0.394 e. The number of amides is 1. The van der Waals surface area contributed by atoms with Gasteiger partial charge in [-0.2, -0.15) is 0 Å². The number of nitrogens with zero attached hydrogens (tertiary/aromatic N) is 1. The molecule has 0 bridgehead atoms. The third kappa shape index (κ3) is 7.37. The Hall–Kier alpha value is -1.81. The Kier molecular flexibility index (Phi) is 11.3. The molecule has 2 fully saturated rings. The van der Waals surface area contributed by atoms with E-state index in [4.69, 9.17) is 23.2 Å². The predicted molar refractivity (Wildman–Crippen MR) is 135 cm³/mol. The Morgan fingerprint density at radius 2 is 1.59 bits per heavy atom. The number of halogens is 2. The van der Waals surface area contributed by atoms with Gasteiger partial charge in [0.05, 0.1) is 18.7 Å². The first-order valence-corrected chi connectivity index (χ1v) is 12.3. The molecule has 1 N–H and O–H groups in total. The minimum absolute atomic E-state index is 0.00357. The molecule has 3 unspecified atom stereocenters. The fourth-order valence-electron chi connectivity index (χ4n) is 4.17. The molecular formula is C27H35Cl2NO2. The van der Waals surface area contributed by atoms with Gasteiger partial charge in [0.2, 0.25) is 5.91 Å². The summed E-state index contributed by atoms with van der Waals surface area (Å²) in [4.78, 5) is 15.0. The summed E-state index contributed by atoms with van der Waals surface area (Å²) in [7, 11) is 0. The van der Waals surface area contributed by atoms with Gasteiger partial charge in [-0.15, -0.1) is 6.58 Å². The van der Waals surface area contributed by atoms with E-state index in [-0.39, 0.29) is 30.5 Å². The second-order valence-electron chi connectivity index (χ2n) is 7.99. The van der Waals surface area contributed by atoms with E-state index in [0.29, 0.717) is 17.4 Å². The molecule has 0 spiro atoms. The number of aliphatic hydroxyl groups is 1. The lowest BCUT2D eigenvalue weighted by molar-refractivity contribution is -0.147. The Morgan fingerprint density at radius 1 is 1.00 bits per heavy atom. The quantitative estimate of drug-likeness (QED) is 0.444. The van der Waals surface area contributed by atoms with Gasteiger partial charge in [0.15, 0.2) is 0 Å². The molecule has 1 amide bonds. The third-order valence-electron chi connectivity index (χ3n) is 5.88. The number of carbonyl (C=O) groups is 1. The van der Waals surface area contributed by atoms with Crippen LogP contribution in [0.15, 0.2) is 67.3 Å². The van der Waals surface area contributed by atoms with E-state index in [0.717, 1.165) is 36.3 Å². The van der Waals surface area contributed by atoms with E-state index in [9.17, 15) is 9.90 Å². The average molecular weight is 476 g/mol. The van der Waals surface area contributed by atoms with Gasteiger partial charge < -0.3 is 10.0 Å². The van der Waals surface area contributed by atoms with Crippen LogP contribution in [0.4, 0.5) is 0 Å². The molecule has 0 aromatic heterocycles. The van der Waals surface area contributed by atoms with Gasteiger partial charge >= 0.3 is 0 Å². The van der Waals surface area contributed by atoms with E-state index in [1.165, 1.54) is 0 Å². The van der Waals surface area contributed by atoms with Crippen molar-refractivity contribution in [2.75, 3.05) is 6.61 Å². The molecular weight excluding hydrogens is 441 g/mol. The lowest BCUT2D eigenvalue weighted by Gasteiger charge is -2.44. The lowest BCUT2D eigenvalue weighted by atomic mass is 9.85. The number of aliphatic hydroxyl groups excluding tert-OH is 1. The first-order chi connectivity index (χ1) is 15.5. The minimum atomic E-state index is -0.0595. The van der Waals surface area contributed by atoms with Gasteiger partial charge in [-0.3, -0.25) is 4.79 Å². The molecule has 174 valence electrons. The fourth-order valence-corrected chi connectivity index (χ4v) is 4.44. The molecule has 3 atom stereocenters. The van der Waals surface area contributed by atoms with Crippen molar-refractivity contribution in [3.05, 3.63) is 82.9 Å². The number of carbonyl (C=O) groups excluding carboxylic acids is 1. The first kappa shape index (κ1) is 26.4. The molecule has 2 aromatic rings. The summed E-state index contributed by atoms with van der Waals surface area (Å²) in [6.07, 6.45) is 6.55. The maximum Gasteiger partial charge on any atom is 0.226 e. The number of hydrogen-bond acceptors (Lipinski definition) is 2. The van der Waals surface area contributed by atoms with Crippen molar-refractivity contribution in [3.8, 4) is 0 Å². The highest BCUT2D eigenvalue weighted by molar-refractivity contribution is 6.30. The molecule has 5 heteroatoms. The van der Waals surface area contributed by atoms with Crippen LogP contribution in [0.2, 0.25) is 10.0 Å². The Morgan fingerprint density at radius 3 is 2.06 bits per heavy atom. The zero-order valence-corrected chi connectivity index (χ0v) is 20.6. The highest BCUT2D eigenvalue weighted by atomic mass is 35.5. The van der Waals surface area contributed by atoms with Crippen LogP contribution >= 0.6 is 23.2 Å². The van der Waals surface area contributed by atoms with Gasteiger partial charge in [-0.25, -0.2) is 0 Å². The Bertz CT molecular complexity index is 821. The summed E-state index contributed by atoms with van der Waals surface area (Å²) in [6, 6.07) is 17.2. The van der Waals surface area contributed by atoms with Gasteiger partial charge in [-0.05, 0) is 67.9 Å². The van der Waals surface area contributed by atoms with Crippen LogP contribution in [-0.4, -0.2) is 28.6 Å². The maximum absolute atomic E-state index is 13.0. The normalized spacial score (nSPS) is 20.9. The van der Waals surface area contributed by atoms with Crippen molar-refractivity contribution < 1.29 is 9.90 Å². The summed E-state index contributed by atoms with van der Waals surface area (Å²) in [5.41, 5.74) is 1.11. The second kappa shape index (κ2) is 13.7. The third-order valence-corrected chi connectivity index (χ3v) is 6.38. The molecule has 1 aliphatic heterocycles. The highest BCUT2D eigenvalue weighted by Gasteiger charge is 2.44. The van der Waals surface area contributed by atoms with Crippen LogP contribution in [0.25, 0.3) is 0 Å². The predicted octanol–water partition coefficient (Wildman–Crippen LogP) is 7.33. The first-order valence-electron chi connectivity index (χ1n) is 11.5. The van der Waals surface area contributed by atoms with E-state index >= 15 is 0 Å². The molecule has 4 rings (SSSR count). The van der Waals surface area contributed by atoms with Crippen LogP contribution in [-0.2, 0) is 4.79 Å². The van der Waals surface area contributed by atoms with Gasteiger partial charge in [0, 0.05) is 16.0 Å². The zero-order valence-electron chi connectivity index (χ0n) is 19.1. The van der Waals surface area contributed by atoms with E-state index in [1.54, 1.807) is 0 Å². The Labute approximate surface area is 203 Å². The van der Waals surface area contributed by atoms with Crippen molar-refractivity contribution >= 4 is 29.1 Å². The van der Waals surface area contributed by atoms with E-state index in [2.05, 4.69) is 6.58 Å². The molecule has 3 nitrogen and oxygen atoms in total. The number of benzene rings is 2. The maximum atomic E-state index is 13.0. The Balaban J connectivity index is 0.000000340. The molecule has 1 saturated carbocycles. The van der Waals surface area contributed by atoms with Crippen LogP contribution in [0.5, 0.6) is 0 Å². The number of allylic oxidation sites excluding steroid dienone is 1. The highest BCUT2D eigenvalue weighted by Crippen LogP contribution is 2.43. The van der Waals surface area contributed by atoms with Gasteiger partial charge in [0.1, 0.15) is 0 Å². The van der Waals surface area contributed by atoms with Gasteiger partial charge in [0.25, 0.3) is 0 Å². The fraction of sp³-hybridized carbons (Fsp3) is 0.444. The SMILES string of the molecule is C=CCC1CCC(c2ccc(Cl)cc2)N(C(CO)C2CC2)C1=O.CC.Clc1ccccc1. The molecule has 32 heavy (non-hydrogen) atoms. The largest absolute Gasteiger partial charge is 0.394 e. The van der Waals surface area contributed by atoms with Gasteiger partial charge in [-0.1, -0.05) is 73.5 Å². The van der Waals surface area contributed by atoms with Crippen LogP contribution in [0.3, 0.4) is 0 Å². The molecule has 1 aliphatic carbocycles. The van der Waals surface area contributed by atoms with Crippen LogP contribution in [0.1, 0.15) is 57.6 Å². The smallest absolute Gasteiger partial charge is 0.226 e. The molecule has 1 heterocycles. The van der Waals surface area contributed by atoms with Crippen LogP contribution < -0.4 is 0 Å². The standard InChI is InChI=1S/C19H24ClNO2.C6H5Cl.C2H6/c1-2-3-15-8-11-17(13-6-9-16(20)10-7-13)21(19(15)23)18(12-22)14-4-5-14;7-6-4-2-1-3-5-6;1-2/h2,6-7,9-10,14-15,17-18,22H,1,3-5,8,11-12H2;1-5H;1-2H3. The lowest BCUT2D eigenvalue weighted by Crippen LogP contribution is -2.51. The van der Waals surface area contributed by atoms with Crippen molar-refractivity contribution in [2.24, 2.45) is 11.8 Å². The van der Waals surface area contributed by atoms with E-state index in [1.807, 2.05) is 79.4 Å². The van der Waals surface area contributed by atoms with Crippen molar-refractivity contribution in [2.45, 2.75) is 58.0 Å². The molecule has 0 radical (unpaired) electrons. The van der Waals surface area contributed by atoms with Crippen molar-refractivity contribution in [1.82, 2.24) is 4.90 Å². The number of rotatable bonds is 6. The summed E-state index contributed by atoms with van der Waals surface area (Å²) >= 11 is 11.5. The van der Waals surface area contributed by atoms with E-state index < -0.39 is 0 Å². The monoisotopic (exact) mass is 475 g/mol. The summed E-state index contributed by atoms with van der Waals surface area (Å²) in [6.45, 7) is 7.82. The number of likely N-dealkylation sites (tertiary alicyclic amines) is 1. The van der Waals surface area contributed by atoms with Crippen LogP contribution in [0, 0.1) is 11.8 Å². The average Bonchev–Trinajstić information content (AvgIpc) is 3.65. The summed E-state index contributed by atoms with van der Waals surface area (Å²) in [5.74, 6) is 0.618. The second-order valence-corrected chi connectivity index (χ2v) is 8.87. The zero-order chi connectivity index (χ0) is 23.5. The van der Waals surface area contributed by atoms with Crippen molar-refractivity contribution in [1.29, 1.82) is 0 Å². The van der Waals surface area contributed by atoms with Crippen molar-refractivity contribution in [3.63, 3.8) is 0 Å². The summed E-state index contributed by atoms with van der Waals surface area (Å²) < 4.78 is 0. The summed E-state index contributed by atoms with van der Waals surface area (Å²) in [5, 5.41) is 11.4. The topological polar surface area (TPSA) is 40.5 Å². The number of piperidine rings is 1. The molecule has 2 aliphatic rings. The molecule has 2 aromatic carbocycles. The molecule has 1 saturated heterocycles.